The summed E-state index contributed by atoms with van der Waals surface area (Å²) in [6.07, 6.45) is 3.97. The van der Waals surface area contributed by atoms with Crippen molar-refractivity contribution in [2.24, 2.45) is 0 Å². The van der Waals surface area contributed by atoms with E-state index in [-0.39, 0.29) is 12.6 Å². The SMILES string of the molecule is CC(C)(C)OC(=O)NCC(=S)N1CC=CC1C=O. The summed E-state index contributed by atoms with van der Waals surface area (Å²) in [7, 11) is 0. The van der Waals surface area contributed by atoms with Gasteiger partial charge in [-0.25, -0.2) is 4.79 Å². The van der Waals surface area contributed by atoms with E-state index in [0.717, 1.165) is 6.29 Å². The second-order valence-corrected chi connectivity index (χ2v) is 5.43. The molecule has 1 amide bonds. The number of thiocarbonyl (C=S) groups is 1. The Bertz CT molecular complexity index is 374. The van der Waals surface area contributed by atoms with Gasteiger partial charge in [-0.2, -0.15) is 0 Å². The smallest absolute Gasteiger partial charge is 0.408 e. The maximum absolute atomic E-state index is 11.4. The Kier molecular flexibility index (Phi) is 4.84. The quantitative estimate of drug-likeness (QED) is 0.475. The molecule has 1 rings (SSSR count). The molecule has 1 unspecified atom stereocenters. The zero-order valence-electron chi connectivity index (χ0n) is 10.8. The summed E-state index contributed by atoms with van der Waals surface area (Å²) < 4.78 is 5.09. The van der Waals surface area contributed by atoms with Crippen LogP contribution in [-0.4, -0.2) is 47.0 Å². The summed E-state index contributed by atoms with van der Waals surface area (Å²) >= 11 is 5.17. The lowest BCUT2D eigenvalue weighted by Gasteiger charge is -2.24. The molecule has 0 aromatic rings. The summed E-state index contributed by atoms with van der Waals surface area (Å²) in [5.74, 6) is 0. The van der Waals surface area contributed by atoms with Gasteiger partial charge in [0.1, 0.15) is 17.9 Å². The van der Waals surface area contributed by atoms with Gasteiger partial charge < -0.3 is 19.7 Å². The van der Waals surface area contributed by atoms with E-state index in [1.165, 1.54) is 0 Å². The Morgan fingerprint density at radius 1 is 1.61 bits per heavy atom. The number of nitrogens with one attached hydrogen (secondary N) is 1. The molecule has 0 saturated heterocycles. The third-order valence-electron chi connectivity index (χ3n) is 2.24. The van der Waals surface area contributed by atoms with Crippen molar-refractivity contribution in [2.75, 3.05) is 13.1 Å². The van der Waals surface area contributed by atoms with Crippen LogP contribution in [0.25, 0.3) is 0 Å². The van der Waals surface area contributed by atoms with E-state index in [9.17, 15) is 9.59 Å². The molecule has 0 saturated carbocycles. The molecule has 0 radical (unpaired) electrons. The minimum Gasteiger partial charge on any atom is -0.444 e. The van der Waals surface area contributed by atoms with E-state index in [1.54, 1.807) is 31.7 Å². The molecule has 0 aromatic carbocycles. The Morgan fingerprint density at radius 2 is 2.28 bits per heavy atom. The Balaban J connectivity index is 2.38. The lowest BCUT2D eigenvalue weighted by Crippen LogP contribution is -2.43. The molecular formula is C12H18N2O3S. The minimum atomic E-state index is -0.535. The van der Waals surface area contributed by atoms with Crippen molar-refractivity contribution >= 4 is 29.6 Å². The molecule has 6 heteroatoms. The molecule has 1 aliphatic rings. The largest absolute Gasteiger partial charge is 0.444 e. The molecule has 0 fully saturated rings. The molecule has 1 heterocycles. The molecule has 100 valence electrons. The van der Waals surface area contributed by atoms with Crippen molar-refractivity contribution in [1.82, 2.24) is 10.2 Å². The fourth-order valence-electron chi connectivity index (χ4n) is 1.49. The number of hydrogen-bond donors (Lipinski definition) is 1. The van der Waals surface area contributed by atoms with Crippen molar-refractivity contribution in [3.05, 3.63) is 12.2 Å². The number of carbonyl (C=O) groups is 2. The highest BCUT2D eigenvalue weighted by atomic mass is 32.1. The standard InChI is InChI=1S/C12H18N2O3S/c1-12(2,3)17-11(16)13-7-10(18)14-6-4-5-9(14)8-15/h4-5,8-9H,6-7H2,1-3H3,(H,13,16). The van der Waals surface area contributed by atoms with Gasteiger partial charge in [0.15, 0.2) is 0 Å². The maximum Gasteiger partial charge on any atom is 0.408 e. The molecular weight excluding hydrogens is 252 g/mol. The lowest BCUT2D eigenvalue weighted by atomic mass is 10.2. The monoisotopic (exact) mass is 270 g/mol. The summed E-state index contributed by atoms with van der Waals surface area (Å²) in [5.41, 5.74) is -0.535. The molecule has 0 spiro atoms. The maximum atomic E-state index is 11.4. The second kappa shape index (κ2) is 5.95. The minimum absolute atomic E-state index is 0.191. The van der Waals surface area contributed by atoms with Gasteiger partial charge in [0, 0.05) is 6.54 Å². The Morgan fingerprint density at radius 3 is 2.83 bits per heavy atom. The van der Waals surface area contributed by atoms with Gasteiger partial charge in [0.25, 0.3) is 0 Å². The second-order valence-electron chi connectivity index (χ2n) is 4.96. The summed E-state index contributed by atoms with van der Waals surface area (Å²) in [6, 6.07) is -0.321. The van der Waals surface area contributed by atoms with Crippen molar-refractivity contribution in [1.29, 1.82) is 0 Å². The van der Waals surface area contributed by atoms with E-state index in [1.807, 2.05) is 6.08 Å². The Hall–Kier alpha value is -1.43. The normalized spacial score (nSPS) is 18.6. The van der Waals surface area contributed by atoms with Gasteiger partial charge in [-0.15, -0.1) is 0 Å². The number of hydrogen-bond acceptors (Lipinski definition) is 4. The molecule has 1 N–H and O–H groups in total. The molecule has 18 heavy (non-hydrogen) atoms. The number of aldehydes is 1. The number of alkyl carbamates (subject to hydrolysis) is 1. The van der Waals surface area contributed by atoms with Crippen LogP contribution in [0.2, 0.25) is 0 Å². The zero-order chi connectivity index (χ0) is 13.8. The van der Waals surface area contributed by atoms with Crippen LogP contribution in [0.1, 0.15) is 20.8 Å². The Labute approximate surface area is 112 Å². The highest BCUT2D eigenvalue weighted by Gasteiger charge is 2.22. The van der Waals surface area contributed by atoms with Crippen LogP contribution in [0.15, 0.2) is 12.2 Å². The van der Waals surface area contributed by atoms with E-state index < -0.39 is 11.7 Å². The molecule has 0 aliphatic carbocycles. The molecule has 5 nitrogen and oxygen atoms in total. The van der Waals surface area contributed by atoms with Crippen LogP contribution in [0.5, 0.6) is 0 Å². The van der Waals surface area contributed by atoms with Gasteiger partial charge in [-0.05, 0) is 20.8 Å². The highest BCUT2D eigenvalue weighted by molar-refractivity contribution is 7.80. The zero-order valence-corrected chi connectivity index (χ0v) is 11.6. The van der Waals surface area contributed by atoms with Crippen molar-refractivity contribution in [3.8, 4) is 0 Å². The van der Waals surface area contributed by atoms with Gasteiger partial charge in [-0.3, -0.25) is 0 Å². The number of carbonyl (C=O) groups excluding carboxylic acids is 2. The first kappa shape index (κ1) is 14.6. The van der Waals surface area contributed by atoms with Crippen LogP contribution < -0.4 is 5.32 Å². The molecule has 0 aromatic heterocycles. The predicted octanol–water partition coefficient (Wildman–Crippen LogP) is 1.28. The van der Waals surface area contributed by atoms with Crippen LogP contribution in [0, 0.1) is 0 Å². The lowest BCUT2D eigenvalue weighted by molar-refractivity contribution is -0.109. The van der Waals surface area contributed by atoms with Gasteiger partial charge in [0.2, 0.25) is 0 Å². The van der Waals surface area contributed by atoms with E-state index in [0.29, 0.717) is 11.5 Å². The third kappa shape index (κ3) is 4.44. The van der Waals surface area contributed by atoms with E-state index in [4.69, 9.17) is 17.0 Å². The van der Waals surface area contributed by atoms with E-state index >= 15 is 0 Å². The first-order chi connectivity index (χ1) is 8.33. The topological polar surface area (TPSA) is 58.6 Å². The van der Waals surface area contributed by atoms with E-state index in [2.05, 4.69) is 5.32 Å². The number of rotatable bonds is 3. The van der Waals surface area contributed by atoms with Crippen molar-refractivity contribution < 1.29 is 14.3 Å². The molecule has 1 aliphatic heterocycles. The average Bonchev–Trinajstić information content (AvgIpc) is 2.71. The highest BCUT2D eigenvalue weighted by Crippen LogP contribution is 2.09. The number of ether oxygens (including phenoxy) is 1. The molecule has 0 bridgehead atoms. The van der Waals surface area contributed by atoms with Crippen molar-refractivity contribution in [3.63, 3.8) is 0 Å². The number of nitrogens with zero attached hydrogens (tertiary/aromatic N) is 1. The van der Waals surface area contributed by atoms with Crippen LogP contribution in [0.4, 0.5) is 4.79 Å². The fraction of sp³-hybridized carbons (Fsp3) is 0.583. The van der Waals surface area contributed by atoms with Gasteiger partial charge in [-0.1, -0.05) is 24.4 Å². The van der Waals surface area contributed by atoms with Crippen LogP contribution in [0.3, 0.4) is 0 Å². The van der Waals surface area contributed by atoms with Crippen LogP contribution in [-0.2, 0) is 9.53 Å². The van der Waals surface area contributed by atoms with Gasteiger partial charge in [0.05, 0.1) is 11.5 Å². The third-order valence-corrected chi connectivity index (χ3v) is 2.62. The van der Waals surface area contributed by atoms with Crippen LogP contribution >= 0.6 is 12.2 Å². The first-order valence-corrected chi connectivity index (χ1v) is 6.12. The predicted molar refractivity (Wildman–Crippen MR) is 72.5 cm³/mol. The van der Waals surface area contributed by atoms with Crippen molar-refractivity contribution in [2.45, 2.75) is 32.4 Å². The number of amides is 1. The summed E-state index contributed by atoms with van der Waals surface area (Å²) in [6.45, 7) is 6.15. The fourth-order valence-corrected chi connectivity index (χ4v) is 1.76. The first-order valence-electron chi connectivity index (χ1n) is 5.72. The average molecular weight is 270 g/mol. The molecule has 1 atom stereocenters. The van der Waals surface area contributed by atoms with Gasteiger partial charge >= 0.3 is 6.09 Å². The summed E-state index contributed by atoms with van der Waals surface area (Å²) in [4.78, 5) is 24.5. The summed E-state index contributed by atoms with van der Waals surface area (Å²) in [5, 5.41) is 2.57.